The Morgan fingerprint density at radius 3 is 1.88 bits per heavy atom. The maximum Gasteiger partial charge on any atom is 0.249 e. The topological polar surface area (TPSA) is 37.4 Å². The van der Waals surface area contributed by atoms with Gasteiger partial charge in [0.2, 0.25) is 11.8 Å². The summed E-state index contributed by atoms with van der Waals surface area (Å²) in [7, 11) is 0. The highest BCUT2D eigenvalue weighted by Gasteiger charge is 2.61. The highest BCUT2D eigenvalue weighted by molar-refractivity contribution is 6.26. The molecule has 1 saturated heterocycles. The fourth-order valence-electron chi connectivity index (χ4n) is 2.21. The summed E-state index contributed by atoms with van der Waals surface area (Å²) in [4.78, 5) is 25.8. The van der Waals surface area contributed by atoms with E-state index in [9.17, 15) is 9.59 Å². The zero-order valence-corrected chi connectivity index (χ0v) is 10.7. The van der Waals surface area contributed by atoms with Crippen LogP contribution in [-0.2, 0) is 15.0 Å². The summed E-state index contributed by atoms with van der Waals surface area (Å²) < 4.78 is 0. The van der Waals surface area contributed by atoms with Gasteiger partial charge in [-0.25, -0.2) is 0 Å². The van der Waals surface area contributed by atoms with E-state index in [1.165, 1.54) is 4.90 Å². The fraction of sp³-hybridized carbons (Fsp3) is 0.429. The lowest BCUT2D eigenvalue weighted by molar-refractivity contribution is -0.174. The van der Waals surface area contributed by atoms with Crippen LogP contribution in [0.15, 0.2) is 30.3 Å². The molecule has 0 saturated carbocycles. The predicted octanol–water partition coefficient (Wildman–Crippen LogP) is 2.11. The van der Waals surface area contributed by atoms with Gasteiger partial charge in [0.15, 0.2) is 5.41 Å². The van der Waals surface area contributed by atoms with E-state index in [1.54, 1.807) is 6.92 Å². The van der Waals surface area contributed by atoms with Crippen LogP contribution < -0.4 is 0 Å². The first kappa shape index (κ1) is 11.8. The molecular weight excluding hydrogens is 214 g/mol. The average molecular weight is 231 g/mol. The van der Waals surface area contributed by atoms with Crippen molar-refractivity contribution in [2.24, 2.45) is 0 Å². The number of hydrogen-bond donors (Lipinski definition) is 0. The molecule has 1 aromatic rings. The van der Waals surface area contributed by atoms with E-state index in [-0.39, 0.29) is 11.8 Å². The molecule has 0 atom stereocenters. The first-order chi connectivity index (χ1) is 7.79. The lowest BCUT2D eigenvalue weighted by atomic mass is 9.71. The minimum Gasteiger partial charge on any atom is -0.275 e. The van der Waals surface area contributed by atoms with Crippen molar-refractivity contribution in [3.05, 3.63) is 35.9 Å². The fourth-order valence-corrected chi connectivity index (χ4v) is 2.21. The molecule has 90 valence electrons. The Bertz CT molecular complexity index is 455. The quantitative estimate of drug-likeness (QED) is 0.548. The number of likely N-dealkylation sites (tertiary alicyclic amines) is 1. The molecule has 0 N–H and O–H groups in total. The first-order valence-corrected chi connectivity index (χ1v) is 5.74. The second kappa shape index (κ2) is 3.42. The highest BCUT2D eigenvalue weighted by Crippen LogP contribution is 2.40. The summed E-state index contributed by atoms with van der Waals surface area (Å²) in [6.07, 6.45) is 0. The number of amides is 2. The Morgan fingerprint density at radius 1 is 1.00 bits per heavy atom. The summed E-state index contributed by atoms with van der Waals surface area (Å²) in [5, 5.41) is 0. The number of imide groups is 1. The molecule has 1 aliphatic rings. The van der Waals surface area contributed by atoms with Gasteiger partial charge in [0.05, 0.1) is 0 Å². The molecule has 2 rings (SSSR count). The second-order valence-corrected chi connectivity index (χ2v) is 5.61. The minimum absolute atomic E-state index is 0.110. The number of benzene rings is 1. The molecule has 0 aliphatic carbocycles. The lowest BCUT2D eigenvalue weighted by Crippen LogP contribution is -2.72. The first-order valence-electron chi connectivity index (χ1n) is 5.74. The van der Waals surface area contributed by atoms with E-state index in [0.29, 0.717) is 0 Å². The normalized spacial score (nSPS) is 19.2. The van der Waals surface area contributed by atoms with Crippen molar-refractivity contribution in [2.45, 2.75) is 38.6 Å². The molecule has 3 nitrogen and oxygen atoms in total. The molecule has 0 unspecified atom stereocenters. The monoisotopic (exact) mass is 231 g/mol. The van der Waals surface area contributed by atoms with Gasteiger partial charge in [-0.05, 0) is 33.3 Å². The van der Waals surface area contributed by atoms with E-state index in [2.05, 4.69) is 0 Å². The van der Waals surface area contributed by atoms with Crippen molar-refractivity contribution in [2.75, 3.05) is 0 Å². The Kier molecular flexibility index (Phi) is 2.38. The van der Waals surface area contributed by atoms with Crippen LogP contribution in [0.3, 0.4) is 0 Å². The molecule has 0 aromatic heterocycles. The zero-order valence-electron chi connectivity index (χ0n) is 10.7. The summed E-state index contributed by atoms with van der Waals surface area (Å²) in [5.74, 6) is -0.220. The molecular formula is C14H17NO2. The summed E-state index contributed by atoms with van der Waals surface area (Å²) >= 11 is 0. The molecule has 1 aliphatic heterocycles. The SMILES string of the molecule is CC1(c2ccccc2)C(=O)N(C(C)(C)C)C1=O. The number of nitrogens with zero attached hydrogens (tertiary/aromatic N) is 1. The number of carbonyl (C=O) groups excluding carboxylic acids is 2. The summed E-state index contributed by atoms with van der Waals surface area (Å²) in [6, 6.07) is 9.23. The Balaban J connectivity index is 2.39. The molecule has 0 bridgehead atoms. The molecule has 0 spiro atoms. The predicted molar refractivity (Wildman–Crippen MR) is 65.4 cm³/mol. The smallest absolute Gasteiger partial charge is 0.249 e. The molecule has 1 aromatic carbocycles. The zero-order chi connectivity index (χ0) is 12.8. The number of β-lactam (4-membered cyclic amide) rings is 2. The number of rotatable bonds is 1. The third-order valence-electron chi connectivity index (χ3n) is 3.28. The van der Waals surface area contributed by atoms with Crippen molar-refractivity contribution in [3.63, 3.8) is 0 Å². The third kappa shape index (κ3) is 1.49. The number of carbonyl (C=O) groups is 2. The van der Waals surface area contributed by atoms with Crippen LogP contribution in [0.5, 0.6) is 0 Å². The van der Waals surface area contributed by atoms with Gasteiger partial charge in [-0.2, -0.15) is 0 Å². The van der Waals surface area contributed by atoms with Crippen molar-refractivity contribution < 1.29 is 9.59 Å². The van der Waals surface area contributed by atoms with E-state index in [4.69, 9.17) is 0 Å². The van der Waals surface area contributed by atoms with Crippen LogP contribution in [0.25, 0.3) is 0 Å². The molecule has 3 heteroatoms. The van der Waals surface area contributed by atoms with Gasteiger partial charge in [-0.15, -0.1) is 0 Å². The van der Waals surface area contributed by atoms with Crippen LogP contribution in [0.4, 0.5) is 0 Å². The van der Waals surface area contributed by atoms with E-state index >= 15 is 0 Å². The van der Waals surface area contributed by atoms with Gasteiger partial charge >= 0.3 is 0 Å². The van der Waals surface area contributed by atoms with Crippen molar-refractivity contribution in [1.82, 2.24) is 4.90 Å². The van der Waals surface area contributed by atoms with Gasteiger partial charge in [-0.1, -0.05) is 30.3 Å². The molecule has 17 heavy (non-hydrogen) atoms. The van der Waals surface area contributed by atoms with Gasteiger partial charge in [0.1, 0.15) is 0 Å². The van der Waals surface area contributed by atoms with Gasteiger partial charge in [0, 0.05) is 5.54 Å². The highest BCUT2D eigenvalue weighted by atomic mass is 16.2. The van der Waals surface area contributed by atoms with Crippen molar-refractivity contribution in [3.8, 4) is 0 Å². The standard InChI is InChI=1S/C14H17NO2/c1-13(2,3)15-11(16)14(4,12(15)17)10-8-6-5-7-9-10/h5-9H,1-4H3. The Hall–Kier alpha value is -1.64. The molecule has 1 fully saturated rings. The third-order valence-corrected chi connectivity index (χ3v) is 3.28. The van der Waals surface area contributed by atoms with E-state index < -0.39 is 11.0 Å². The number of hydrogen-bond acceptors (Lipinski definition) is 2. The maximum absolute atomic E-state index is 12.2. The largest absolute Gasteiger partial charge is 0.275 e. The summed E-state index contributed by atoms with van der Waals surface area (Å²) in [5.41, 5.74) is -0.660. The van der Waals surface area contributed by atoms with Crippen molar-refractivity contribution >= 4 is 11.8 Å². The van der Waals surface area contributed by atoms with Crippen molar-refractivity contribution in [1.29, 1.82) is 0 Å². The van der Waals surface area contributed by atoms with E-state index in [0.717, 1.165) is 5.56 Å². The van der Waals surface area contributed by atoms with Crippen LogP contribution in [0, 0.1) is 0 Å². The average Bonchev–Trinajstić information content (AvgIpc) is 2.27. The van der Waals surface area contributed by atoms with Crippen LogP contribution in [-0.4, -0.2) is 22.3 Å². The molecule has 0 radical (unpaired) electrons. The summed E-state index contributed by atoms with van der Waals surface area (Å²) in [6.45, 7) is 7.31. The Labute approximate surface area is 101 Å². The van der Waals surface area contributed by atoms with Gasteiger partial charge < -0.3 is 0 Å². The Morgan fingerprint density at radius 2 is 1.47 bits per heavy atom. The lowest BCUT2D eigenvalue weighted by Gasteiger charge is -2.50. The van der Waals surface area contributed by atoms with Gasteiger partial charge in [-0.3, -0.25) is 14.5 Å². The van der Waals surface area contributed by atoms with E-state index in [1.807, 2.05) is 51.1 Å². The molecule has 2 amide bonds. The van der Waals surface area contributed by atoms with Gasteiger partial charge in [0.25, 0.3) is 0 Å². The van der Waals surface area contributed by atoms with Crippen LogP contribution >= 0.6 is 0 Å². The maximum atomic E-state index is 12.2. The molecule has 1 heterocycles. The van der Waals surface area contributed by atoms with Crippen LogP contribution in [0.1, 0.15) is 33.3 Å². The second-order valence-electron chi connectivity index (χ2n) is 5.61. The minimum atomic E-state index is -0.992. The van der Waals surface area contributed by atoms with Crippen LogP contribution in [0.2, 0.25) is 0 Å².